The Morgan fingerprint density at radius 1 is 1.11 bits per heavy atom. The molecular weight excluding hydrogens is 252 g/mol. The van der Waals surface area contributed by atoms with E-state index in [-0.39, 0.29) is 11.5 Å². The lowest BCUT2D eigenvalue weighted by Gasteiger charge is -2.46. The van der Waals surface area contributed by atoms with Gasteiger partial charge in [-0.15, -0.1) is 0 Å². The van der Waals surface area contributed by atoms with Gasteiger partial charge in [-0.25, -0.2) is 0 Å². The third kappa shape index (κ3) is 2.66. The van der Waals surface area contributed by atoms with Crippen LogP contribution in [-0.2, 0) is 4.43 Å². The number of fused-ring (bicyclic) bond motifs is 1. The third-order valence-corrected chi connectivity index (χ3v) is 11.0. The second-order valence-corrected chi connectivity index (χ2v) is 11.7. The Morgan fingerprint density at radius 2 is 1.74 bits per heavy atom. The molecule has 2 nitrogen and oxygen atoms in total. The molecule has 2 saturated carbocycles. The van der Waals surface area contributed by atoms with Crippen molar-refractivity contribution in [2.75, 3.05) is 0 Å². The fourth-order valence-electron chi connectivity index (χ4n) is 4.55. The highest BCUT2D eigenvalue weighted by Crippen LogP contribution is 2.53. The molecule has 0 bridgehead atoms. The lowest BCUT2D eigenvalue weighted by Crippen LogP contribution is -2.48. The van der Waals surface area contributed by atoms with Crippen molar-refractivity contribution in [3.05, 3.63) is 0 Å². The lowest BCUT2D eigenvalue weighted by atomic mass is 9.67. The summed E-state index contributed by atoms with van der Waals surface area (Å²) in [4.78, 5) is 0. The molecule has 0 unspecified atom stereocenters. The average Bonchev–Trinajstić information content (AvgIpc) is 2.73. The van der Waals surface area contributed by atoms with Crippen molar-refractivity contribution in [3.8, 4) is 0 Å². The number of aliphatic hydroxyl groups excluding tert-OH is 1. The SMILES string of the molecule is CC[Si](CC)(CC)O[C@H]1CCC[C@]2(C)[C@@H](O)CC[C@@H]12. The van der Waals surface area contributed by atoms with Crippen LogP contribution in [0.15, 0.2) is 0 Å². The summed E-state index contributed by atoms with van der Waals surface area (Å²) < 4.78 is 6.78. The van der Waals surface area contributed by atoms with Gasteiger partial charge < -0.3 is 9.53 Å². The van der Waals surface area contributed by atoms with Crippen LogP contribution in [0.3, 0.4) is 0 Å². The first-order valence-electron chi connectivity index (χ1n) is 8.37. The predicted octanol–water partition coefficient (Wildman–Crippen LogP) is 4.34. The van der Waals surface area contributed by atoms with Crippen LogP contribution in [0.25, 0.3) is 0 Å². The fourth-order valence-corrected chi connectivity index (χ4v) is 7.48. The molecule has 0 aromatic heterocycles. The number of aliphatic hydroxyl groups is 1. The Morgan fingerprint density at radius 3 is 2.32 bits per heavy atom. The van der Waals surface area contributed by atoms with E-state index in [1.165, 1.54) is 43.8 Å². The summed E-state index contributed by atoms with van der Waals surface area (Å²) in [5, 5.41) is 10.3. The summed E-state index contributed by atoms with van der Waals surface area (Å²) >= 11 is 0. The van der Waals surface area contributed by atoms with Crippen molar-refractivity contribution < 1.29 is 9.53 Å². The zero-order valence-electron chi connectivity index (χ0n) is 13.2. The van der Waals surface area contributed by atoms with E-state index in [1.54, 1.807) is 0 Å². The predicted molar refractivity (Wildman–Crippen MR) is 82.8 cm³/mol. The van der Waals surface area contributed by atoms with Crippen molar-refractivity contribution in [1.29, 1.82) is 0 Å². The highest BCUT2D eigenvalue weighted by Gasteiger charge is 2.52. The molecule has 0 saturated heterocycles. The molecule has 2 fully saturated rings. The summed E-state index contributed by atoms with van der Waals surface area (Å²) in [5.41, 5.74) is 0.137. The Kier molecular flexibility index (Phi) is 4.79. The van der Waals surface area contributed by atoms with Crippen molar-refractivity contribution in [2.45, 2.75) is 90.1 Å². The molecule has 2 aliphatic rings. The van der Waals surface area contributed by atoms with E-state index >= 15 is 0 Å². The minimum absolute atomic E-state index is 0.0927. The molecule has 0 aromatic rings. The van der Waals surface area contributed by atoms with E-state index < -0.39 is 8.32 Å². The van der Waals surface area contributed by atoms with Gasteiger partial charge in [-0.2, -0.15) is 0 Å². The first-order valence-corrected chi connectivity index (χ1v) is 10.9. The molecule has 0 heterocycles. The molecule has 2 rings (SSSR count). The Balaban J connectivity index is 2.12. The highest BCUT2D eigenvalue weighted by molar-refractivity contribution is 6.73. The first-order chi connectivity index (χ1) is 9.01. The molecule has 0 aliphatic heterocycles. The van der Waals surface area contributed by atoms with Crippen LogP contribution in [0.4, 0.5) is 0 Å². The maximum absolute atomic E-state index is 10.3. The summed E-state index contributed by atoms with van der Waals surface area (Å²) in [6.45, 7) is 9.23. The Bertz CT molecular complexity index is 295. The molecule has 112 valence electrons. The highest BCUT2D eigenvalue weighted by atomic mass is 28.4. The summed E-state index contributed by atoms with van der Waals surface area (Å²) in [6.07, 6.45) is 6.15. The second kappa shape index (κ2) is 5.86. The van der Waals surface area contributed by atoms with Gasteiger partial charge in [-0.1, -0.05) is 34.1 Å². The molecule has 1 N–H and O–H groups in total. The van der Waals surface area contributed by atoms with Crippen molar-refractivity contribution in [2.24, 2.45) is 11.3 Å². The van der Waals surface area contributed by atoms with Crippen LogP contribution in [0.5, 0.6) is 0 Å². The fraction of sp³-hybridized carbons (Fsp3) is 1.00. The summed E-state index contributed by atoms with van der Waals surface area (Å²) in [5.74, 6) is 0.604. The quantitative estimate of drug-likeness (QED) is 0.761. The van der Waals surface area contributed by atoms with Gasteiger partial charge in [0.1, 0.15) is 0 Å². The largest absolute Gasteiger partial charge is 0.414 e. The first kappa shape index (κ1) is 15.5. The lowest BCUT2D eigenvalue weighted by molar-refractivity contribution is -0.0423. The van der Waals surface area contributed by atoms with Crippen molar-refractivity contribution in [1.82, 2.24) is 0 Å². The van der Waals surface area contributed by atoms with Gasteiger partial charge in [0, 0.05) is 6.10 Å². The number of hydrogen-bond donors (Lipinski definition) is 1. The van der Waals surface area contributed by atoms with Crippen LogP contribution < -0.4 is 0 Å². The monoisotopic (exact) mass is 284 g/mol. The van der Waals surface area contributed by atoms with Gasteiger partial charge in [-0.05, 0) is 55.1 Å². The standard InChI is InChI=1S/C16H32O2Si/c1-5-19(6-2,7-3)18-14-9-8-12-16(4)13(14)10-11-15(16)17/h13-15,17H,5-12H2,1-4H3/t13-,14-,15-,16-/m0/s1. The molecule has 0 aromatic carbocycles. The van der Waals surface area contributed by atoms with E-state index in [9.17, 15) is 5.11 Å². The maximum Gasteiger partial charge on any atom is 0.192 e. The van der Waals surface area contributed by atoms with Crippen molar-refractivity contribution >= 4 is 8.32 Å². The molecule has 4 atom stereocenters. The van der Waals surface area contributed by atoms with Crippen molar-refractivity contribution in [3.63, 3.8) is 0 Å². The van der Waals surface area contributed by atoms with E-state index in [0.29, 0.717) is 12.0 Å². The number of rotatable bonds is 5. The Labute approximate surface area is 120 Å². The third-order valence-electron chi connectivity index (χ3n) is 6.35. The molecule has 3 heteroatoms. The van der Waals surface area contributed by atoms with Gasteiger partial charge in [0.15, 0.2) is 8.32 Å². The van der Waals surface area contributed by atoms with E-state index in [2.05, 4.69) is 27.7 Å². The Hall–Kier alpha value is 0.137. The topological polar surface area (TPSA) is 29.5 Å². The summed E-state index contributed by atoms with van der Waals surface area (Å²) in [6, 6.07) is 3.72. The zero-order chi connectivity index (χ0) is 14.1. The summed E-state index contributed by atoms with van der Waals surface area (Å²) in [7, 11) is -1.50. The van der Waals surface area contributed by atoms with E-state index in [4.69, 9.17) is 4.43 Å². The van der Waals surface area contributed by atoms with Crippen LogP contribution in [0, 0.1) is 11.3 Å². The van der Waals surface area contributed by atoms with Gasteiger partial charge in [0.25, 0.3) is 0 Å². The smallest absolute Gasteiger partial charge is 0.192 e. The minimum atomic E-state index is -1.50. The zero-order valence-corrected chi connectivity index (χ0v) is 14.2. The molecule has 0 spiro atoms. The molecule has 2 aliphatic carbocycles. The normalized spacial score (nSPS) is 39.3. The maximum atomic E-state index is 10.3. The molecule has 19 heavy (non-hydrogen) atoms. The van der Waals surface area contributed by atoms with Gasteiger partial charge >= 0.3 is 0 Å². The van der Waals surface area contributed by atoms with Crippen LogP contribution in [0.2, 0.25) is 18.1 Å². The average molecular weight is 285 g/mol. The van der Waals surface area contributed by atoms with Crippen LogP contribution >= 0.6 is 0 Å². The molecule has 0 amide bonds. The van der Waals surface area contributed by atoms with Crippen LogP contribution in [-0.4, -0.2) is 25.6 Å². The van der Waals surface area contributed by atoms with Gasteiger partial charge in [0.05, 0.1) is 6.10 Å². The van der Waals surface area contributed by atoms with Gasteiger partial charge in [0.2, 0.25) is 0 Å². The van der Waals surface area contributed by atoms with E-state index in [1.807, 2.05) is 0 Å². The molecule has 0 radical (unpaired) electrons. The van der Waals surface area contributed by atoms with Crippen LogP contribution in [0.1, 0.15) is 59.8 Å². The second-order valence-electron chi connectivity index (χ2n) is 7.00. The van der Waals surface area contributed by atoms with Gasteiger partial charge in [-0.3, -0.25) is 0 Å². The molecular formula is C16H32O2Si. The van der Waals surface area contributed by atoms with E-state index in [0.717, 1.165) is 6.42 Å². The minimum Gasteiger partial charge on any atom is -0.414 e. The number of hydrogen-bond acceptors (Lipinski definition) is 2.